The van der Waals surface area contributed by atoms with E-state index in [-0.39, 0.29) is 23.2 Å². The normalized spacial score (nSPS) is 22.1. The maximum atomic E-state index is 13.0. The van der Waals surface area contributed by atoms with E-state index >= 15 is 0 Å². The van der Waals surface area contributed by atoms with Crippen molar-refractivity contribution in [3.8, 4) is 0 Å². The highest BCUT2D eigenvalue weighted by Crippen LogP contribution is 2.29. The fraction of sp³-hybridized carbons (Fsp3) is 0.545. The van der Waals surface area contributed by atoms with E-state index in [1.807, 2.05) is 0 Å². The minimum absolute atomic E-state index is 0. The molecule has 176 valence electrons. The lowest BCUT2D eigenvalue weighted by Gasteiger charge is -2.34. The van der Waals surface area contributed by atoms with Crippen LogP contribution in [0.2, 0.25) is 0 Å². The molecule has 1 N–H and O–H groups in total. The number of rotatable bonds is 5. The summed E-state index contributed by atoms with van der Waals surface area (Å²) in [6.07, 6.45) is 1.94. The van der Waals surface area contributed by atoms with Crippen LogP contribution in [0.3, 0.4) is 0 Å². The van der Waals surface area contributed by atoms with Crippen molar-refractivity contribution in [3.63, 3.8) is 0 Å². The molecule has 0 aliphatic carbocycles. The van der Waals surface area contributed by atoms with Gasteiger partial charge in [-0.25, -0.2) is 13.4 Å². The predicted molar refractivity (Wildman–Crippen MR) is 130 cm³/mol. The van der Waals surface area contributed by atoms with Gasteiger partial charge in [0.2, 0.25) is 10.0 Å². The fourth-order valence-corrected chi connectivity index (χ4v) is 7.20. The fourth-order valence-electron chi connectivity index (χ4n) is 4.47. The van der Waals surface area contributed by atoms with Gasteiger partial charge in [0, 0.05) is 43.0 Å². The van der Waals surface area contributed by atoms with Crippen LogP contribution in [0, 0.1) is 11.8 Å². The highest BCUT2D eigenvalue weighted by atomic mass is 35.5. The number of carbonyl (C=O) groups is 1. The number of amides is 1. The van der Waals surface area contributed by atoms with Crippen molar-refractivity contribution in [2.45, 2.75) is 45.1 Å². The number of nitrogens with one attached hydrogen (secondary N) is 1. The second-order valence-electron chi connectivity index (χ2n) is 8.75. The van der Waals surface area contributed by atoms with E-state index in [1.165, 1.54) is 28.3 Å². The molecule has 0 saturated carbocycles. The van der Waals surface area contributed by atoms with Crippen LogP contribution in [0.25, 0.3) is 0 Å². The summed E-state index contributed by atoms with van der Waals surface area (Å²) in [5, 5.41) is 3.47. The van der Waals surface area contributed by atoms with Crippen LogP contribution in [-0.4, -0.2) is 54.7 Å². The number of piperidine rings is 1. The van der Waals surface area contributed by atoms with Crippen LogP contribution in [0.5, 0.6) is 0 Å². The maximum absolute atomic E-state index is 13.0. The first-order valence-electron chi connectivity index (χ1n) is 10.9. The van der Waals surface area contributed by atoms with Crippen LogP contribution in [0.4, 0.5) is 5.13 Å². The van der Waals surface area contributed by atoms with E-state index in [9.17, 15) is 13.2 Å². The molecule has 0 spiro atoms. The van der Waals surface area contributed by atoms with Gasteiger partial charge < -0.3 is 0 Å². The standard InChI is InChI=1S/C22H30N4O3S2.ClH/c1-4-25-10-9-19-20(14-25)30-22(23-19)24-21(27)17-5-7-18(8-6-17)31(28,29)26-12-15(2)11-16(3)13-26;/h5-8,15-16H,4,9-14H2,1-3H3,(H,23,24,27);1H. The Hall–Kier alpha value is -1.52. The molecule has 1 aromatic heterocycles. The lowest BCUT2D eigenvalue weighted by atomic mass is 9.94. The molecule has 7 nitrogen and oxygen atoms in total. The van der Waals surface area contributed by atoms with Gasteiger partial charge in [-0.15, -0.1) is 23.7 Å². The number of sulfonamides is 1. The van der Waals surface area contributed by atoms with Crippen molar-refractivity contribution in [3.05, 3.63) is 40.4 Å². The second-order valence-corrected chi connectivity index (χ2v) is 11.8. The Kier molecular flexibility index (Phi) is 7.98. The third kappa shape index (κ3) is 5.34. The number of aromatic nitrogens is 1. The zero-order valence-corrected chi connectivity index (χ0v) is 21.2. The van der Waals surface area contributed by atoms with Gasteiger partial charge in [0.1, 0.15) is 0 Å². The van der Waals surface area contributed by atoms with Crippen molar-refractivity contribution in [1.82, 2.24) is 14.2 Å². The van der Waals surface area contributed by atoms with E-state index in [0.717, 1.165) is 38.2 Å². The molecule has 1 amide bonds. The molecular formula is C22H31ClN4O3S2. The number of halogens is 1. The Labute approximate surface area is 200 Å². The Balaban J connectivity index is 0.00000289. The number of anilines is 1. The lowest BCUT2D eigenvalue weighted by Crippen LogP contribution is -2.42. The first-order chi connectivity index (χ1) is 14.8. The number of likely N-dealkylation sites (N-methyl/N-ethyl adjacent to an activating group) is 1. The summed E-state index contributed by atoms with van der Waals surface area (Å²) in [6.45, 7) is 10.3. The third-order valence-corrected chi connectivity index (χ3v) is 8.91. The topological polar surface area (TPSA) is 82.6 Å². The molecule has 3 heterocycles. The van der Waals surface area contributed by atoms with Crippen molar-refractivity contribution in [1.29, 1.82) is 0 Å². The van der Waals surface area contributed by atoms with Gasteiger partial charge in [0.15, 0.2) is 5.13 Å². The molecule has 2 aromatic rings. The maximum Gasteiger partial charge on any atom is 0.257 e. The average molecular weight is 499 g/mol. The highest BCUT2D eigenvalue weighted by molar-refractivity contribution is 7.89. The van der Waals surface area contributed by atoms with Crippen molar-refractivity contribution < 1.29 is 13.2 Å². The van der Waals surface area contributed by atoms with Crippen LogP contribution >= 0.6 is 23.7 Å². The summed E-state index contributed by atoms with van der Waals surface area (Å²) in [5.41, 5.74) is 1.49. The van der Waals surface area contributed by atoms with Crippen LogP contribution in [0.15, 0.2) is 29.2 Å². The number of nitrogens with zero attached hydrogens (tertiary/aromatic N) is 3. The molecule has 0 radical (unpaired) electrons. The predicted octanol–water partition coefficient (Wildman–Crippen LogP) is 3.86. The van der Waals surface area contributed by atoms with Crippen molar-refractivity contribution in [2.75, 3.05) is 31.5 Å². The monoisotopic (exact) mass is 498 g/mol. The quantitative estimate of drug-likeness (QED) is 0.676. The molecule has 1 aromatic carbocycles. The summed E-state index contributed by atoms with van der Waals surface area (Å²) in [5.74, 6) is 0.414. The number of fused-ring (bicyclic) bond motifs is 1. The highest BCUT2D eigenvalue weighted by Gasteiger charge is 2.31. The van der Waals surface area contributed by atoms with E-state index in [2.05, 4.69) is 36.0 Å². The zero-order chi connectivity index (χ0) is 22.2. The molecule has 0 bridgehead atoms. The van der Waals surface area contributed by atoms with Crippen LogP contribution in [-0.2, 0) is 23.0 Å². The van der Waals surface area contributed by atoms with Gasteiger partial charge in [0.05, 0.1) is 10.6 Å². The molecule has 32 heavy (non-hydrogen) atoms. The van der Waals surface area contributed by atoms with Crippen LogP contribution < -0.4 is 5.32 Å². The molecule has 1 saturated heterocycles. The van der Waals surface area contributed by atoms with Gasteiger partial charge in [-0.2, -0.15) is 4.31 Å². The number of carbonyl (C=O) groups excluding carboxylic acids is 1. The van der Waals surface area contributed by atoms with Gasteiger partial charge in [-0.3, -0.25) is 15.0 Å². The van der Waals surface area contributed by atoms with Gasteiger partial charge >= 0.3 is 0 Å². The first kappa shape index (κ1) is 25.1. The Morgan fingerprint density at radius 2 is 1.84 bits per heavy atom. The summed E-state index contributed by atoms with van der Waals surface area (Å²) in [6, 6.07) is 6.21. The Morgan fingerprint density at radius 3 is 2.47 bits per heavy atom. The summed E-state index contributed by atoms with van der Waals surface area (Å²) in [4.78, 5) is 21.0. The van der Waals surface area contributed by atoms with Crippen LogP contribution in [0.1, 0.15) is 48.1 Å². The molecule has 2 aliphatic heterocycles. The number of thiazole rings is 1. The molecule has 2 aliphatic rings. The minimum Gasteiger partial charge on any atom is -0.298 e. The summed E-state index contributed by atoms with van der Waals surface area (Å²) in [7, 11) is -3.55. The molecule has 10 heteroatoms. The lowest BCUT2D eigenvalue weighted by molar-refractivity contribution is 0.102. The third-order valence-electron chi connectivity index (χ3n) is 6.07. The van der Waals surface area contributed by atoms with Gasteiger partial charge in [-0.05, 0) is 49.1 Å². The molecule has 4 rings (SSSR count). The molecule has 2 atom stereocenters. The second kappa shape index (κ2) is 10.2. The van der Waals surface area contributed by atoms with Gasteiger partial charge in [0.25, 0.3) is 5.91 Å². The molecule has 2 unspecified atom stereocenters. The average Bonchev–Trinajstić information content (AvgIpc) is 3.14. The minimum atomic E-state index is -3.55. The zero-order valence-electron chi connectivity index (χ0n) is 18.7. The number of benzene rings is 1. The summed E-state index contributed by atoms with van der Waals surface area (Å²) < 4.78 is 27.6. The molecular weight excluding hydrogens is 468 g/mol. The van der Waals surface area contributed by atoms with Crippen molar-refractivity contribution in [2.24, 2.45) is 11.8 Å². The van der Waals surface area contributed by atoms with Gasteiger partial charge in [-0.1, -0.05) is 20.8 Å². The molecule has 1 fully saturated rings. The van der Waals surface area contributed by atoms with Crippen molar-refractivity contribution >= 4 is 44.8 Å². The van der Waals surface area contributed by atoms with E-state index in [4.69, 9.17) is 0 Å². The largest absolute Gasteiger partial charge is 0.298 e. The number of hydrogen-bond donors (Lipinski definition) is 1. The SMILES string of the molecule is CCN1CCc2nc(NC(=O)c3ccc(S(=O)(=O)N4CC(C)CC(C)C4)cc3)sc2C1.Cl. The smallest absolute Gasteiger partial charge is 0.257 e. The first-order valence-corrected chi connectivity index (χ1v) is 13.1. The summed E-state index contributed by atoms with van der Waals surface area (Å²) >= 11 is 1.52. The van der Waals surface area contributed by atoms with E-state index < -0.39 is 10.0 Å². The Bertz CT molecular complexity index is 1050. The van der Waals surface area contributed by atoms with E-state index in [1.54, 1.807) is 16.4 Å². The Morgan fingerprint density at radius 1 is 1.19 bits per heavy atom. The number of hydrogen-bond acceptors (Lipinski definition) is 6. The van der Waals surface area contributed by atoms with E-state index in [0.29, 0.717) is 35.6 Å².